The maximum absolute atomic E-state index is 12.9. The lowest BCUT2D eigenvalue weighted by Crippen LogP contribution is -2.08. The van der Waals surface area contributed by atoms with Gasteiger partial charge in [-0.25, -0.2) is 9.78 Å². The van der Waals surface area contributed by atoms with E-state index in [4.69, 9.17) is 0 Å². The first-order valence-electron chi connectivity index (χ1n) is 7.09. The molecule has 3 nitrogen and oxygen atoms in total. The molecule has 3 rings (SSSR count). The number of aromatic carboxylic acids is 1. The van der Waals surface area contributed by atoms with Crippen molar-refractivity contribution in [1.82, 2.24) is 4.98 Å². The second-order valence-electron chi connectivity index (χ2n) is 5.36. The second-order valence-corrected chi connectivity index (χ2v) is 5.36. The Morgan fingerprint density at radius 2 is 1.75 bits per heavy atom. The molecule has 122 valence electrons. The molecule has 0 spiro atoms. The first kappa shape index (κ1) is 16.0. The van der Waals surface area contributed by atoms with Crippen molar-refractivity contribution in [3.05, 3.63) is 65.2 Å². The van der Waals surface area contributed by atoms with Crippen LogP contribution in [0.3, 0.4) is 0 Å². The molecule has 6 heteroatoms. The minimum Gasteiger partial charge on any atom is -0.478 e. The van der Waals surface area contributed by atoms with Crippen LogP contribution in [-0.2, 0) is 6.18 Å². The van der Waals surface area contributed by atoms with Crippen LogP contribution in [-0.4, -0.2) is 16.1 Å². The highest BCUT2D eigenvalue weighted by Crippen LogP contribution is 2.35. The molecule has 1 N–H and O–H groups in total. The highest BCUT2D eigenvalue weighted by atomic mass is 19.4. The van der Waals surface area contributed by atoms with E-state index in [1.54, 1.807) is 31.2 Å². The molecule has 0 aliphatic carbocycles. The van der Waals surface area contributed by atoms with E-state index in [-0.39, 0.29) is 16.5 Å². The van der Waals surface area contributed by atoms with Gasteiger partial charge in [-0.1, -0.05) is 30.3 Å². The summed E-state index contributed by atoms with van der Waals surface area (Å²) < 4.78 is 38.8. The summed E-state index contributed by atoms with van der Waals surface area (Å²) in [6.07, 6.45) is -4.55. The number of carboxylic acid groups (broad SMARTS) is 1. The SMILES string of the molecule is Cc1c(-c2ccccc2)nc2ccc(C(F)(F)F)cc2c1C(=O)O. The molecule has 3 aromatic rings. The third-order valence-electron chi connectivity index (χ3n) is 3.82. The molecular weight excluding hydrogens is 319 g/mol. The largest absolute Gasteiger partial charge is 0.478 e. The third-order valence-corrected chi connectivity index (χ3v) is 3.82. The van der Waals surface area contributed by atoms with Gasteiger partial charge < -0.3 is 5.11 Å². The van der Waals surface area contributed by atoms with E-state index >= 15 is 0 Å². The van der Waals surface area contributed by atoms with Gasteiger partial charge in [0.1, 0.15) is 0 Å². The quantitative estimate of drug-likeness (QED) is 0.724. The second kappa shape index (κ2) is 5.63. The number of benzene rings is 2. The summed E-state index contributed by atoms with van der Waals surface area (Å²) in [4.78, 5) is 16.1. The van der Waals surface area contributed by atoms with Crippen molar-refractivity contribution in [2.45, 2.75) is 13.1 Å². The molecule has 2 aromatic carbocycles. The molecule has 0 saturated carbocycles. The molecule has 0 radical (unpaired) electrons. The van der Waals surface area contributed by atoms with Crippen LogP contribution >= 0.6 is 0 Å². The van der Waals surface area contributed by atoms with Gasteiger partial charge in [0.2, 0.25) is 0 Å². The van der Waals surface area contributed by atoms with Crippen molar-refractivity contribution < 1.29 is 23.1 Å². The summed E-state index contributed by atoms with van der Waals surface area (Å²) in [6, 6.07) is 11.9. The molecule has 1 heterocycles. The molecule has 0 bridgehead atoms. The number of aromatic nitrogens is 1. The number of carboxylic acids is 1. The Labute approximate surface area is 135 Å². The molecule has 0 aliphatic heterocycles. The summed E-state index contributed by atoms with van der Waals surface area (Å²) in [6.45, 7) is 1.55. The maximum atomic E-state index is 12.9. The van der Waals surface area contributed by atoms with E-state index in [0.29, 0.717) is 16.8 Å². The molecule has 24 heavy (non-hydrogen) atoms. The number of fused-ring (bicyclic) bond motifs is 1. The van der Waals surface area contributed by atoms with Crippen LogP contribution in [0, 0.1) is 6.92 Å². The van der Waals surface area contributed by atoms with E-state index in [9.17, 15) is 23.1 Å². The summed E-state index contributed by atoms with van der Waals surface area (Å²) in [5, 5.41) is 9.50. The molecule has 0 fully saturated rings. The number of hydrogen-bond donors (Lipinski definition) is 1. The third kappa shape index (κ3) is 2.71. The molecular formula is C18H12F3NO2. The maximum Gasteiger partial charge on any atom is 0.416 e. The number of nitrogens with zero attached hydrogens (tertiary/aromatic N) is 1. The molecule has 0 unspecified atom stereocenters. The van der Waals surface area contributed by atoms with Crippen molar-refractivity contribution in [2.24, 2.45) is 0 Å². The van der Waals surface area contributed by atoms with Crippen LogP contribution in [0.25, 0.3) is 22.2 Å². The number of alkyl halides is 3. The number of rotatable bonds is 2. The normalized spacial score (nSPS) is 11.7. The van der Waals surface area contributed by atoms with Gasteiger partial charge in [-0.05, 0) is 30.7 Å². The summed E-state index contributed by atoms with van der Waals surface area (Å²) in [5.74, 6) is -1.28. The number of halogens is 3. The Bertz CT molecular complexity index is 934. The lowest BCUT2D eigenvalue weighted by Gasteiger charge is -2.14. The van der Waals surface area contributed by atoms with Gasteiger partial charge >= 0.3 is 12.1 Å². The zero-order valence-electron chi connectivity index (χ0n) is 12.6. The van der Waals surface area contributed by atoms with Gasteiger partial charge in [0.05, 0.1) is 22.3 Å². The lowest BCUT2D eigenvalue weighted by atomic mass is 9.96. The predicted octanol–water partition coefficient (Wildman–Crippen LogP) is 4.93. The predicted molar refractivity (Wildman–Crippen MR) is 83.9 cm³/mol. The average molecular weight is 331 g/mol. The first-order valence-corrected chi connectivity index (χ1v) is 7.09. The smallest absolute Gasteiger partial charge is 0.416 e. The minimum atomic E-state index is -4.55. The van der Waals surface area contributed by atoms with Crippen molar-refractivity contribution in [3.63, 3.8) is 0 Å². The van der Waals surface area contributed by atoms with Crippen LogP contribution in [0.1, 0.15) is 21.5 Å². The molecule has 0 atom stereocenters. The number of hydrogen-bond acceptors (Lipinski definition) is 2. The summed E-state index contributed by atoms with van der Waals surface area (Å²) >= 11 is 0. The van der Waals surface area contributed by atoms with E-state index in [2.05, 4.69) is 4.98 Å². The van der Waals surface area contributed by atoms with Gasteiger partial charge in [-0.15, -0.1) is 0 Å². The monoisotopic (exact) mass is 331 g/mol. The highest BCUT2D eigenvalue weighted by Gasteiger charge is 2.31. The van der Waals surface area contributed by atoms with Crippen molar-refractivity contribution in [2.75, 3.05) is 0 Å². The fraction of sp³-hybridized carbons (Fsp3) is 0.111. The zero-order chi connectivity index (χ0) is 17.5. The Hall–Kier alpha value is -2.89. The van der Waals surface area contributed by atoms with Gasteiger partial charge in [-0.2, -0.15) is 13.2 Å². The topological polar surface area (TPSA) is 50.2 Å². The molecule has 0 amide bonds. The van der Waals surface area contributed by atoms with Crippen LogP contribution in [0.15, 0.2) is 48.5 Å². The van der Waals surface area contributed by atoms with Gasteiger partial charge in [-0.3, -0.25) is 0 Å². The average Bonchev–Trinajstić information content (AvgIpc) is 2.53. The number of carbonyl (C=O) groups is 1. The van der Waals surface area contributed by atoms with Crippen LogP contribution in [0.4, 0.5) is 13.2 Å². The van der Waals surface area contributed by atoms with Gasteiger partial charge in [0.25, 0.3) is 0 Å². The van der Waals surface area contributed by atoms with Crippen molar-refractivity contribution in [3.8, 4) is 11.3 Å². The van der Waals surface area contributed by atoms with Crippen molar-refractivity contribution >= 4 is 16.9 Å². The highest BCUT2D eigenvalue weighted by molar-refractivity contribution is 6.05. The molecule has 0 saturated heterocycles. The summed E-state index contributed by atoms with van der Waals surface area (Å²) in [7, 11) is 0. The van der Waals surface area contributed by atoms with Crippen LogP contribution in [0.2, 0.25) is 0 Å². The lowest BCUT2D eigenvalue weighted by molar-refractivity contribution is -0.137. The Kier molecular flexibility index (Phi) is 3.75. The fourth-order valence-electron chi connectivity index (χ4n) is 2.69. The van der Waals surface area contributed by atoms with E-state index in [1.165, 1.54) is 6.07 Å². The van der Waals surface area contributed by atoms with E-state index in [1.807, 2.05) is 6.07 Å². The van der Waals surface area contributed by atoms with Crippen molar-refractivity contribution in [1.29, 1.82) is 0 Å². The first-order chi connectivity index (χ1) is 11.3. The van der Waals surface area contributed by atoms with Crippen LogP contribution < -0.4 is 0 Å². The van der Waals surface area contributed by atoms with Gasteiger partial charge in [0.15, 0.2) is 0 Å². The van der Waals surface area contributed by atoms with Crippen LogP contribution in [0.5, 0.6) is 0 Å². The summed E-state index contributed by atoms with van der Waals surface area (Å²) in [5.41, 5.74) is 0.640. The zero-order valence-corrected chi connectivity index (χ0v) is 12.6. The Morgan fingerprint density at radius 3 is 2.33 bits per heavy atom. The fourth-order valence-corrected chi connectivity index (χ4v) is 2.69. The Balaban J connectivity index is 2.37. The van der Waals surface area contributed by atoms with E-state index in [0.717, 1.165) is 12.1 Å². The number of pyridine rings is 1. The molecule has 0 aliphatic rings. The Morgan fingerprint density at radius 1 is 1.08 bits per heavy atom. The molecule has 1 aromatic heterocycles. The standard InChI is InChI=1S/C18H12F3NO2/c1-10-15(17(23)24)13-9-12(18(19,20)21)7-8-14(13)22-16(10)11-5-3-2-4-6-11/h2-9H,1H3,(H,23,24). The minimum absolute atomic E-state index is 0.0190. The van der Waals surface area contributed by atoms with Gasteiger partial charge in [0, 0.05) is 10.9 Å². The van der Waals surface area contributed by atoms with E-state index < -0.39 is 17.7 Å².